The number of amides is 1. The van der Waals surface area contributed by atoms with E-state index in [1.165, 1.54) is 7.11 Å². The Morgan fingerprint density at radius 3 is 2.54 bits per heavy atom. The number of nitrogens with zero attached hydrogens (tertiary/aromatic N) is 1. The van der Waals surface area contributed by atoms with Crippen LogP contribution in [0.15, 0.2) is 48.5 Å². The highest BCUT2D eigenvalue weighted by atomic mass is 16.5. The maximum Gasteiger partial charge on any atom is 0.225 e. The molecule has 3 rings (SSSR count). The zero-order chi connectivity index (χ0) is 20.1. The Kier molecular flexibility index (Phi) is 5.99. The van der Waals surface area contributed by atoms with Gasteiger partial charge in [-0.05, 0) is 37.3 Å². The van der Waals surface area contributed by atoms with E-state index in [1.54, 1.807) is 18.2 Å². The molecule has 0 atom stereocenters. The van der Waals surface area contributed by atoms with E-state index >= 15 is 0 Å². The van der Waals surface area contributed by atoms with Crippen molar-refractivity contribution in [3.63, 3.8) is 0 Å². The van der Waals surface area contributed by atoms with E-state index in [2.05, 4.69) is 5.32 Å². The summed E-state index contributed by atoms with van der Waals surface area (Å²) in [6.07, 6.45) is 0.225. The summed E-state index contributed by atoms with van der Waals surface area (Å²) < 4.78 is 12.7. The van der Waals surface area contributed by atoms with Crippen LogP contribution in [0.3, 0.4) is 0 Å². The zero-order valence-corrected chi connectivity index (χ0v) is 16.3. The minimum absolute atomic E-state index is 0.107. The van der Waals surface area contributed by atoms with E-state index in [-0.39, 0.29) is 24.5 Å². The van der Waals surface area contributed by atoms with Crippen LogP contribution in [-0.2, 0) is 11.8 Å². The van der Waals surface area contributed by atoms with Crippen molar-refractivity contribution in [1.82, 2.24) is 4.57 Å². The topological polar surface area (TPSA) is 69.6 Å². The number of hydrogen-bond donors (Lipinski definition) is 1. The zero-order valence-electron chi connectivity index (χ0n) is 16.3. The van der Waals surface area contributed by atoms with Crippen LogP contribution < -0.4 is 14.8 Å². The summed E-state index contributed by atoms with van der Waals surface area (Å²) in [6.45, 7) is 2.39. The third kappa shape index (κ3) is 4.17. The van der Waals surface area contributed by atoms with E-state index < -0.39 is 0 Å². The number of nitrogens with one attached hydrogen (secondary N) is 1. The summed E-state index contributed by atoms with van der Waals surface area (Å²) in [5.74, 6) is 1.50. The van der Waals surface area contributed by atoms with Gasteiger partial charge in [0.2, 0.25) is 5.91 Å². The number of aryl methyl sites for hydroxylation is 1. The third-order valence-corrected chi connectivity index (χ3v) is 4.58. The molecule has 1 heterocycles. The van der Waals surface area contributed by atoms with Crippen molar-refractivity contribution >= 4 is 28.4 Å². The highest BCUT2D eigenvalue weighted by Gasteiger charge is 2.14. The van der Waals surface area contributed by atoms with Crippen LogP contribution in [0.5, 0.6) is 11.5 Å². The number of carbonyl (C=O) groups is 2. The number of hydrogen-bond acceptors (Lipinski definition) is 4. The number of fused-ring (bicyclic) bond motifs is 1. The number of ketones is 1. The van der Waals surface area contributed by atoms with E-state index in [0.717, 1.165) is 10.9 Å². The van der Waals surface area contributed by atoms with Crippen molar-refractivity contribution in [3.8, 4) is 11.5 Å². The first-order valence-corrected chi connectivity index (χ1v) is 9.21. The van der Waals surface area contributed by atoms with Gasteiger partial charge in [-0.2, -0.15) is 0 Å². The van der Waals surface area contributed by atoms with Crippen molar-refractivity contribution in [1.29, 1.82) is 0 Å². The molecular formula is C22H24N2O4. The molecule has 1 N–H and O–H groups in total. The van der Waals surface area contributed by atoms with Crippen LogP contribution in [0.4, 0.5) is 5.82 Å². The number of Topliss-reactive ketones (excluding diaryl/α,β-unsaturated/α-hetero) is 1. The number of benzene rings is 2. The van der Waals surface area contributed by atoms with Gasteiger partial charge in [0, 0.05) is 36.4 Å². The quantitative estimate of drug-likeness (QED) is 0.595. The van der Waals surface area contributed by atoms with E-state index in [1.807, 2.05) is 48.9 Å². The van der Waals surface area contributed by atoms with Crippen molar-refractivity contribution in [2.75, 3.05) is 19.0 Å². The maximum absolute atomic E-state index is 12.5. The first kappa shape index (κ1) is 19.5. The Morgan fingerprint density at radius 2 is 1.82 bits per heavy atom. The smallest absolute Gasteiger partial charge is 0.225 e. The second kappa shape index (κ2) is 8.61. The molecule has 0 fully saturated rings. The number of para-hydroxylation sites is 1. The Bertz CT molecular complexity index is 1010. The summed E-state index contributed by atoms with van der Waals surface area (Å²) in [5, 5.41) is 3.94. The predicted molar refractivity (Wildman–Crippen MR) is 109 cm³/mol. The fourth-order valence-electron chi connectivity index (χ4n) is 3.10. The van der Waals surface area contributed by atoms with Crippen LogP contribution in [0.25, 0.3) is 10.9 Å². The number of aromatic nitrogens is 1. The van der Waals surface area contributed by atoms with Crippen molar-refractivity contribution in [2.24, 2.45) is 7.05 Å². The number of ether oxygens (including phenoxy) is 2. The van der Waals surface area contributed by atoms with Crippen LogP contribution in [0.2, 0.25) is 0 Å². The molecule has 0 aliphatic heterocycles. The minimum atomic E-state index is -0.197. The highest BCUT2D eigenvalue weighted by Crippen LogP contribution is 2.28. The van der Waals surface area contributed by atoms with E-state index in [4.69, 9.17) is 9.47 Å². The Hall–Kier alpha value is -3.28. The molecule has 1 aromatic heterocycles. The van der Waals surface area contributed by atoms with Crippen molar-refractivity contribution in [3.05, 3.63) is 54.1 Å². The maximum atomic E-state index is 12.5. The second-order valence-corrected chi connectivity index (χ2v) is 6.42. The molecule has 2 aromatic carbocycles. The van der Waals surface area contributed by atoms with Crippen LogP contribution in [0, 0.1) is 0 Å². The van der Waals surface area contributed by atoms with Crippen LogP contribution in [0.1, 0.15) is 30.1 Å². The molecule has 0 saturated heterocycles. The average molecular weight is 380 g/mol. The Labute approximate surface area is 164 Å². The normalized spacial score (nSPS) is 10.7. The van der Waals surface area contributed by atoms with E-state index in [9.17, 15) is 9.59 Å². The molecule has 28 heavy (non-hydrogen) atoms. The molecule has 0 unspecified atom stereocenters. The van der Waals surface area contributed by atoms with Crippen molar-refractivity contribution in [2.45, 2.75) is 19.8 Å². The molecule has 0 aliphatic rings. The monoisotopic (exact) mass is 380 g/mol. The fourth-order valence-corrected chi connectivity index (χ4v) is 3.10. The summed E-state index contributed by atoms with van der Waals surface area (Å²) in [4.78, 5) is 24.8. The van der Waals surface area contributed by atoms with Gasteiger partial charge in [-0.1, -0.05) is 18.2 Å². The summed E-state index contributed by atoms with van der Waals surface area (Å²) in [6, 6.07) is 14.9. The van der Waals surface area contributed by atoms with Gasteiger partial charge in [-0.3, -0.25) is 9.59 Å². The molecule has 0 bridgehead atoms. The lowest BCUT2D eigenvalue weighted by Crippen LogP contribution is -2.15. The highest BCUT2D eigenvalue weighted by molar-refractivity contribution is 6.01. The predicted octanol–water partition coefficient (Wildman–Crippen LogP) is 4.19. The van der Waals surface area contributed by atoms with Gasteiger partial charge in [0.05, 0.1) is 13.7 Å². The van der Waals surface area contributed by atoms with Gasteiger partial charge >= 0.3 is 0 Å². The van der Waals surface area contributed by atoms with Gasteiger partial charge < -0.3 is 19.4 Å². The number of methoxy groups -OCH3 is 1. The molecule has 6 nitrogen and oxygen atoms in total. The summed E-state index contributed by atoms with van der Waals surface area (Å²) >= 11 is 0. The molecular weight excluding hydrogens is 356 g/mol. The molecule has 3 aromatic rings. The lowest BCUT2D eigenvalue weighted by molar-refractivity contribution is -0.116. The molecule has 0 spiro atoms. The molecule has 6 heteroatoms. The van der Waals surface area contributed by atoms with Crippen molar-refractivity contribution < 1.29 is 19.1 Å². The Balaban J connectivity index is 1.62. The van der Waals surface area contributed by atoms with Gasteiger partial charge in [-0.15, -0.1) is 0 Å². The minimum Gasteiger partial charge on any atom is -0.493 e. The van der Waals surface area contributed by atoms with Gasteiger partial charge in [-0.25, -0.2) is 0 Å². The largest absolute Gasteiger partial charge is 0.493 e. The first-order valence-electron chi connectivity index (χ1n) is 9.21. The van der Waals surface area contributed by atoms with Gasteiger partial charge in [0.15, 0.2) is 17.3 Å². The Morgan fingerprint density at radius 1 is 1.04 bits per heavy atom. The molecule has 146 valence electrons. The summed E-state index contributed by atoms with van der Waals surface area (Å²) in [5.41, 5.74) is 1.54. The lowest BCUT2D eigenvalue weighted by Gasteiger charge is -2.10. The first-order chi connectivity index (χ1) is 13.5. The number of carbonyl (C=O) groups excluding carboxylic acids is 2. The number of anilines is 1. The number of rotatable bonds is 8. The molecule has 0 saturated carbocycles. The molecule has 0 aliphatic carbocycles. The van der Waals surface area contributed by atoms with Crippen LogP contribution in [-0.4, -0.2) is 30.0 Å². The standard InChI is InChI=1S/C22H24N2O4/c1-4-28-19-11-9-16(13-20(19)27-3)18(25)10-12-22(26)23-21-14-15-7-5-6-8-17(15)24(21)2/h5-9,11,13-14H,4,10,12H2,1-3H3,(H,23,26). The average Bonchev–Trinajstić information content (AvgIpc) is 3.02. The van der Waals surface area contributed by atoms with Crippen LogP contribution >= 0.6 is 0 Å². The lowest BCUT2D eigenvalue weighted by atomic mass is 10.1. The van der Waals surface area contributed by atoms with E-state index in [0.29, 0.717) is 29.5 Å². The summed E-state index contributed by atoms with van der Waals surface area (Å²) in [7, 11) is 3.43. The fraction of sp³-hybridized carbons (Fsp3) is 0.273. The molecule has 0 radical (unpaired) electrons. The van der Waals surface area contributed by atoms with Gasteiger partial charge in [0.1, 0.15) is 5.82 Å². The SMILES string of the molecule is CCOc1ccc(C(=O)CCC(=O)Nc2cc3ccccc3n2C)cc1OC. The molecule has 1 amide bonds. The van der Waals surface area contributed by atoms with Gasteiger partial charge in [0.25, 0.3) is 0 Å². The second-order valence-electron chi connectivity index (χ2n) is 6.42. The third-order valence-electron chi connectivity index (χ3n) is 4.58.